The first kappa shape index (κ1) is 23.1. The van der Waals surface area contributed by atoms with Crippen molar-refractivity contribution in [2.45, 2.75) is 71.6 Å². The predicted octanol–water partition coefficient (Wildman–Crippen LogP) is 3.72. The zero-order valence-corrected chi connectivity index (χ0v) is 15.6. The van der Waals surface area contributed by atoms with Gasteiger partial charge >= 0.3 is 17.9 Å². The van der Waals surface area contributed by atoms with Gasteiger partial charge in [0.25, 0.3) is 0 Å². The predicted molar refractivity (Wildman–Crippen MR) is 94.9 cm³/mol. The van der Waals surface area contributed by atoms with Crippen molar-refractivity contribution in [3.63, 3.8) is 0 Å². The molecule has 0 saturated heterocycles. The normalized spacial score (nSPS) is 10.2. The molecule has 0 heterocycles. The number of carbonyl (C=O) groups is 3. The molecule has 0 saturated carbocycles. The molecular weight excluding hydrogens is 324 g/mol. The van der Waals surface area contributed by atoms with E-state index in [1.165, 1.54) is 0 Å². The quantitative estimate of drug-likeness (QED) is 0.193. The first-order valence-corrected chi connectivity index (χ1v) is 9.17. The van der Waals surface area contributed by atoms with Gasteiger partial charge < -0.3 is 14.2 Å². The van der Waals surface area contributed by atoms with E-state index in [0.29, 0.717) is 13.2 Å². The van der Waals surface area contributed by atoms with Crippen LogP contribution in [0.15, 0.2) is 12.2 Å². The third kappa shape index (κ3) is 14.2. The minimum absolute atomic E-state index is 0.0331. The number of hydrogen-bond acceptors (Lipinski definition) is 6. The van der Waals surface area contributed by atoms with Crippen molar-refractivity contribution >= 4 is 17.9 Å². The number of rotatable bonds is 15. The zero-order valence-electron chi connectivity index (χ0n) is 15.6. The molecule has 6 heteroatoms. The van der Waals surface area contributed by atoms with Gasteiger partial charge in [0, 0.05) is 5.57 Å². The molecule has 0 rings (SSSR count). The summed E-state index contributed by atoms with van der Waals surface area (Å²) in [6.45, 7) is 7.88. The van der Waals surface area contributed by atoms with Crippen LogP contribution in [-0.2, 0) is 28.6 Å². The Hall–Kier alpha value is -1.85. The Bertz CT molecular complexity index is 416. The lowest BCUT2D eigenvalue weighted by atomic mass is 10.2. The molecule has 0 unspecified atom stereocenters. The lowest BCUT2D eigenvalue weighted by molar-refractivity contribution is -0.157. The van der Waals surface area contributed by atoms with Crippen LogP contribution in [0.3, 0.4) is 0 Å². The molecule has 0 spiro atoms. The van der Waals surface area contributed by atoms with Crippen LogP contribution in [0.2, 0.25) is 0 Å². The number of esters is 3. The lowest BCUT2D eigenvalue weighted by Gasteiger charge is -2.08. The molecule has 0 aromatic carbocycles. The Balaban J connectivity index is 3.78. The number of ether oxygens (including phenoxy) is 3. The van der Waals surface area contributed by atoms with E-state index < -0.39 is 24.5 Å². The second-order valence-corrected chi connectivity index (χ2v) is 5.92. The topological polar surface area (TPSA) is 78.9 Å². The largest absolute Gasteiger partial charge is 0.465 e. The Morgan fingerprint density at radius 1 is 0.720 bits per heavy atom. The standard InChI is InChI=1S/C19H32O6/c1-4-6-8-10-12-23-17(20)14-16(3)19(22)25-15-18(21)24-13-11-9-7-5-2/h3-15H2,1-2H3. The Morgan fingerprint density at radius 3 is 1.76 bits per heavy atom. The fraction of sp³-hybridized carbons (Fsp3) is 0.737. The van der Waals surface area contributed by atoms with Gasteiger partial charge in [-0.2, -0.15) is 0 Å². The summed E-state index contributed by atoms with van der Waals surface area (Å²) >= 11 is 0. The van der Waals surface area contributed by atoms with Crippen molar-refractivity contribution in [2.24, 2.45) is 0 Å². The van der Waals surface area contributed by atoms with E-state index in [0.717, 1.165) is 51.4 Å². The fourth-order valence-corrected chi connectivity index (χ4v) is 2.00. The molecule has 0 aliphatic carbocycles. The van der Waals surface area contributed by atoms with Crippen molar-refractivity contribution in [1.82, 2.24) is 0 Å². The van der Waals surface area contributed by atoms with Gasteiger partial charge in [-0.05, 0) is 12.8 Å². The molecule has 0 amide bonds. The van der Waals surface area contributed by atoms with Gasteiger partial charge in [-0.15, -0.1) is 0 Å². The van der Waals surface area contributed by atoms with Gasteiger partial charge in [-0.3, -0.25) is 4.79 Å². The van der Waals surface area contributed by atoms with Crippen LogP contribution in [0.1, 0.15) is 71.6 Å². The Labute approximate surface area is 150 Å². The summed E-state index contributed by atoms with van der Waals surface area (Å²) in [6, 6.07) is 0. The smallest absolute Gasteiger partial charge is 0.344 e. The zero-order chi connectivity index (χ0) is 18.9. The van der Waals surface area contributed by atoms with E-state index in [1.54, 1.807) is 0 Å². The summed E-state index contributed by atoms with van der Waals surface area (Å²) < 4.78 is 14.8. The summed E-state index contributed by atoms with van der Waals surface area (Å²) in [5.41, 5.74) is -0.0331. The first-order chi connectivity index (χ1) is 12.0. The highest BCUT2D eigenvalue weighted by Gasteiger charge is 2.16. The highest BCUT2D eigenvalue weighted by molar-refractivity contribution is 5.94. The van der Waals surface area contributed by atoms with Gasteiger partial charge in [0.1, 0.15) is 0 Å². The summed E-state index contributed by atoms with van der Waals surface area (Å²) in [7, 11) is 0. The highest BCUT2D eigenvalue weighted by atomic mass is 16.6. The van der Waals surface area contributed by atoms with Crippen LogP contribution in [0, 0.1) is 0 Å². The van der Waals surface area contributed by atoms with Crippen molar-refractivity contribution in [2.75, 3.05) is 19.8 Å². The third-order valence-corrected chi connectivity index (χ3v) is 3.49. The molecule has 0 bridgehead atoms. The Kier molecular flexibility index (Phi) is 14.5. The molecule has 0 aromatic heterocycles. The van der Waals surface area contributed by atoms with Crippen LogP contribution in [0.5, 0.6) is 0 Å². The summed E-state index contributed by atoms with van der Waals surface area (Å²) in [4.78, 5) is 34.7. The lowest BCUT2D eigenvalue weighted by Crippen LogP contribution is -2.19. The number of unbranched alkanes of at least 4 members (excludes halogenated alkanes) is 6. The van der Waals surface area contributed by atoms with Crippen LogP contribution >= 0.6 is 0 Å². The van der Waals surface area contributed by atoms with Gasteiger partial charge in [0.2, 0.25) is 0 Å². The van der Waals surface area contributed by atoms with E-state index in [2.05, 4.69) is 20.4 Å². The molecule has 0 aliphatic heterocycles. The maximum Gasteiger partial charge on any atom is 0.344 e. The van der Waals surface area contributed by atoms with Gasteiger partial charge in [-0.1, -0.05) is 59.0 Å². The molecule has 0 N–H and O–H groups in total. The molecular formula is C19H32O6. The third-order valence-electron chi connectivity index (χ3n) is 3.49. The molecule has 0 aliphatic rings. The average Bonchev–Trinajstić information content (AvgIpc) is 2.59. The summed E-state index contributed by atoms with van der Waals surface area (Å²) in [6.07, 6.45) is 7.79. The van der Waals surface area contributed by atoms with E-state index in [1.807, 2.05) is 0 Å². The molecule has 0 radical (unpaired) electrons. The van der Waals surface area contributed by atoms with Gasteiger partial charge in [-0.25, -0.2) is 9.59 Å². The van der Waals surface area contributed by atoms with E-state index in [9.17, 15) is 14.4 Å². The van der Waals surface area contributed by atoms with Crippen molar-refractivity contribution in [3.05, 3.63) is 12.2 Å². The van der Waals surface area contributed by atoms with E-state index in [-0.39, 0.29) is 12.0 Å². The van der Waals surface area contributed by atoms with Crippen LogP contribution < -0.4 is 0 Å². The van der Waals surface area contributed by atoms with Gasteiger partial charge in [0.15, 0.2) is 6.61 Å². The molecule has 0 aromatic rings. The first-order valence-electron chi connectivity index (χ1n) is 9.17. The van der Waals surface area contributed by atoms with Crippen LogP contribution in [0.25, 0.3) is 0 Å². The molecule has 6 nitrogen and oxygen atoms in total. The minimum Gasteiger partial charge on any atom is -0.465 e. The second-order valence-electron chi connectivity index (χ2n) is 5.92. The maximum absolute atomic E-state index is 11.7. The van der Waals surface area contributed by atoms with Gasteiger partial charge in [0.05, 0.1) is 19.6 Å². The number of carbonyl (C=O) groups excluding carboxylic acids is 3. The minimum atomic E-state index is -0.786. The van der Waals surface area contributed by atoms with Crippen molar-refractivity contribution in [1.29, 1.82) is 0 Å². The van der Waals surface area contributed by atoms with Crippen molar-refractivity contribution in [3.8, 4) is 0 Å². The Morgan fingerprint density at radius 2 is 1.24 bits per heavy atom. The SMILES string of the molecule is C=C(CC(=O)OCCCCCC)C(=O)OCC(=O)OCCCCCC. The van der Waals surface area contributed by atoms with Crippen LogP contribution in [-0.4, -0.2) is 37.7 Å². The molecule has 0 fully saturated rings. The number of hydrogen-bond donors (Lipinski definition) is 0. The summed E-state index contributed by atoms with van der Waals surface area (Å²) in [5, 5.41) is 0. The fourth-order valence-electron chi connectivity index (χ4n) is 2.00. The van der Waals surface area contributed by atoms with Crippen LogP contribution in [0.4, 0.5) is 0 Å². The molecule has 144 valence electrons. The summed E-state index contributed by atoms with van der Waals surface area (Å²) in [5.74, 6) is -1.90. The highest BCUT2D eigenvalue weighted by Crippen LogP contribution is 2.05. The van der Waals surface area contributed by atoms with E-state index in [4.69, 9.17) is 14.2 Å². The second kappa shape index (κ2) is 15.7. The maximum atomic E-state index is 11.7. The molecule has 0 atom stereocenters. The monoisotopic (exact) mass is 356 g/mol. The average molecular weight is 356 g/mol. The molecule has 25 heavy (non-hydrogen) atoms. The van der Waals surface area contributed by atoms with E-state index >= 15 is 0 Å². The van der Waals surface area contributed by atoms with Crippen molar-refractivity contribution < 1.29 is 28.6 Å².